The summed E-state index contributed by atoms with van der Waals surface area (Å²) in [6, 6.07) is 11.0. The molecule has 4 aromatic rings. The Labute approximate surface area is 186 Å². The molecule has 10 heteroatoms. The maximum Gasteiger partial charge on any atom is 0.257 e. The van der Waals surface area contributed by atoms with E-state index >= 15 is 0 Å². The van der Waals surface area contributed by atoms with Crippen LogP contribution in [0.15, 0.2) is 48.8 Å². The van der Waals surface area contributed by atoms with Crippen LogP contribution in [0.3, 0.4) is 0 Å². The van der Waals surface area contributed by atoms with Gasteiger partial charge in [-0.3, -0.25) is 4.40 Å². The number of halogens is 5. The van der Waals surface area contributed by atoms with Gasteiger partial charge in [-0.2, -0.15) is 4.98 Å². The quantitative estimate of drug-likeness (QED) is 0.299. The largest absolute Gasteiger partial charge is 0.320 e. The molecule has 0 aliphatic carbocycles. The molecule has 5 nitrogen and oxygen atoms in total. The van der Waals surface area contributed by atoms with Crippen LogP contribution in [0, 0.1) is 11.2 Å². The molecule has 0 spiro atoms. The molecule has 0 N–H and O–H groups in total. The van der Waals surface area contributed by atoms with Gasteiger partial charge in [0, 0.05) is 11.1 Å². The van der Waals surface area contributed by atoms with Crippen LogP contribution in [0.25, 0.3) is 16.7 Å². The highest BCUT2D eigenvalue weighted by atomic mass is 19.3. The third-order valence-corrected chi connectivity index (χ3v) is 5.66. The van der Waals surface area contributed by atoms with Gasteiger partial charge in [0.05, 0.1) is 17.4 Å². The van der Waals surface area contributed by atoms with E-state index in [4.69, 9.17) is 0 Å². The summed E-state index contributed by atoms with van der Waals surface area (Å²) < 4.78 is 70.1. The summed E-state index contributed by atoms with van der Waals surface area (Å²) in [5.41, 5.74) is 0.254. The van der Waals surface area contributed by atoms with Gasteiger partial charge in [-0.05, 0) is 42.7 Å². The van der Waals surface area contributed by atoms with E-state index in [0.717, 1.165) is 0 Å². The van der Waals surface area contributed by atoms with Crippen LogP contribution in [-0.4, -0.2) is 39.0 Å². The number of aromatic nitrogens is 4. The molecule has 0 radical (unpaired) electrons. The Hall–Kier alpha value is -3.30. The highest BCUT2D eigenvalue weighted by Crippen LogP contribution is 2.35. The summed E-state index contributed by atoms with van der Waals surface area (Å²) in [7, 11) is 0. The Bertz CT molecular complexity index is 1270. The summed E-state index contributed by atoms with van der Waals surface area (Å²) >= 11 is 0. The van der Waals surface area contributed by atoms with E-state index in [2.05, 4.69) is 15.2 Å². The minimum absolute atomic E-state index is 0.0195. The molecule has 0 amide bonds. The van der Waals surface area contributed by atoms with Gasteiger partial charge in [-0.1, -0.05) is 32.0 Å². The third-order valence-electron chi connectivity index (χ3n) is 5.66. The van der Waals surface area contributed by atoms with Crippen molar-refractivity contribution in [3.8, 4) is 0 Å². The maximum atomic E-state index is 14.9. The van der Waals surface area contributed by atoms with Crippen LogP contribution in [0.5, 0.6) is 0 Å². The van der Waals surface area contributed by atoms with Crippen molar-refractivity contribution >= 4 is 28.2 Å². The van der Waals surface area contributed by atoms with Crippen molar-refractivity contribution in [2.75, 3.05) is 11.4 Å². The lowest BCUT2D eigenvalue weighted by molar-refractivity contribution is 0.0143. The van der Waals surface area contributed by atoms with Crippen molar-refractivity contribution in [3.05, 3.63) is 60.2 Å². The molecular weight excluding hydrogens is 441 g/mol. The van der Waals surface area contributed by atoms with Gasteiger partial charge in [0.1, 0.15) is 18.0 Å². The Balaban J connectivity index is 1.81. The number of nitrogens with zero attached hydrogens (tertiary/aromatic N) is 5. The average molecular weight is 463 g/mol. The van der Waals surface area contributed by atoms with E-state index in [-0.39, 0.29) is 23.4 Å². The molecule has 0 aliphatic rings. The molecular formula is C23H22F5N5. The number of hydrogen-bond acceptors (Lipinski definition) is 4. The van der Waals surface area contributed by atoms with E-state index in [1.54, 1.807) is 30.3 Å². The molecule has 2 aromatic heterocycles. The fourth-order valence-corrected chi connectivity index (χ4v) is 3.66. The number of hydrogen-bond donors (Lipinski definition) is 0. The van der Waals surface area contributed by atoms with Crippen LogP contribution in [0.4, 0.5) is 33.5 Å². The monoisotopic (exact) mass is 463 g/mol. The number of alkyl halides is 4. The van der Waals surface area contributed by atoms with E-state index in [9.17, 15) is 22.0 Å². The minimum Gasteiger partial charge on any atom is -0.320 e. The molecule has 0 aliphatic heterocycles. The van der Waals surface area contributed by atoms with Crippen LogP contribution in [-0.2, 0) is 6.42 Å². The highest BCUT2D eigenvalue weighted by molar-refractivity contribution is 5.94. The molecule has 4 rings (SSSR count). The second-order valence-corrected chi connectivity index (χ2v) is 8.53. The van der Waals surface area contributed by atoms with Crippen molar-refractivity contribution in [2.24, 2.45) is 5.41 Å². The average Bonchev–Trinajstić information content (AvgIpc) is 3.25. The summed E-state index contributed by atoms with van der Waals surface area (Å²) in [5.74, 6) is -0.508. The standard InChI is InChI=1S/C23H22F5N5/c1-23(2,21(27)28)10-9-14-5-3-6-15(11-14)32(12-18(25)26)20-19-16(24)7-4-8-17(19)33-13-29-31-22(33)30-20/h3-8,11,13,18,21H,9-10,12H2,1-2H3. The molecule has 2 heterocycles. The van der Waals surface area contributed by atoms with Crippen LogP contribution >= 0.6 is 0 Å². The lowest BCUT2D eigenvalue weighted by atomic mass is 9.86. The molecule has 0 unspecified atom stereocenters. The second kappa shape index (κ2) is 8.92. The Morgan fingerprint density at radius 2 is 1.82 bits per heavy atom. The maximum absolute atomic E-state index is 14.9. The molecule has 0 saturated carbocycles. The summed E-state index contributed by atoms with van der Waals surface area (Å²) in [6.45, 7) is 2.22. The molecule has 174 valence electrons. The normalized spacial score (nSPS) is 12.4. The molecule has 33 heavy (non-hydrogen) atoms. The number of benzene rings is 2. The van der Waals surface area contributed by atoms with Gasteiger partial charge >= 0.3 is 0 Å². The van der Waals surface area contributed by atoms with Crippen molar-refractivity contribution < 1.29 is 22.0 Å². The zero-order chi connectivity index (χ0) is 23.8. The number of anilines is 2. The summed E-state index contributed by atoms with van der Waals surface area (Å²) in [5, 5.41) is 7.74. The van der Waals surface area contributed by atoms with Crippen molar-refractivity contribution in [2.45, 2.75) is 39.5 Å². The molecule has 0 saturated heterocycles. The Kier molecular flexibility index (Phi) is 6.18. The highest BCUT2D eigenvalue weighted by Gasteiger charge is 2.29. The lowest BCUT2D eigenvalue weighted by Crippen LogP contribution is -2.26. The van der Waals surface area contributed by atoms with Crippen LogP contribution in [0.1, 0.15) is 25.8 Å². The van der Waals surface area contributed by atoms with Gasteiger partial charge in [0.2, 0.25) is 6.43 Å². The lowest BCUT2D eigenvalue weighted by Gasteiger charge is -2.26. The van der Waals surface area contributed by atoms with Gasteiger partial charge in [-0.15, -0.1) is 10.2 Å². The number of fused-ring (bicyclic) bond motifs is 3. The van der Waals surface area contributed by atoms with E-state index in [0.29, 0.717) is 23.2 Å². The molecule has 0 bridgehead atoms. The van der Waals surface area contributed by atoms with Gasteiger partial charge in [0.25, 0.3) is 12.2 Å². The summed E-state index contributed by atoms with van der Waals surface area (Å²) in [6.07, 6.45) is -3.31. The van der Waals surface area contributed by atoms with Crippen molar-refractivity contribution in [1.29, 1.82) is 0 Å². The predicted octanol–water partition coefficient (Wildman–Crippen LogP) is 6.04. The number of rotatable bonds is 8. The predicted molar refractivity (Wildman–Crippen MR) is 116 cm³/mol. The first-order valence-corrected chi connectivity index (χ1v) is 10.4. The summed E-state index contributed by atoms with van der Waals surface area (Å²) in [4.78, 5) is 5.56. The topological polar surface area (TPSA) is 46.3 Å². The molecule has 2 aromatic carbocycles. The zero-order valence-corrected chi connectivity index (χ0v) is 18.0. The first-order chi connectivity index (χ1) is 15.7. The van der Waals surface area contributed by atoms with Crippen molar-refractivity contribution in [1.82, 2.24) is 19.6 Å². The molecule has 0 fully saturated rings. The van der Waals surface area contributed by atoms with Crippen molar-refractivity contribution in [3.63, 3.8) is 0 Å². The Morgan fingerprint density at radius 1 is 1.06 bits per heavy atom. The first-order valence-electron chi connectivity index (χ1n) is 10.4. The van der Waals surface area contributed by atoms with Gasteiger partial charge in [-0.25, -0.2) is 22.0 Å². The van der Waals surface area contributed by atoms with E-state index in [1.165, 1.54) is 41.6 Å². The zero-order valence-electron chi connectivity index (χ0n) is 18.0. The van der Waals surface area contributed by atoms with E-state index in [1.807, 2.05) is 0 Å². The fraction of sp³-hybridized carbons (Fsp3) is 0.348. The van der Waals surface area contributed by atoms with Crippen LogP contribution < -0.4 is 4.90 Å². The van der Waals surface area contributed by atoms with Crippen LogP contribution in [0.2, 0.25) is 0 Å². The number of aryl methyl sites for hydroxylation is 1. The van der Waals surface area contributed by atoms with E-state index < -0.39 is 30.6 Å². The minimum atomic E-state index is -2.75. The second-order valence-electron chi connectivity index (χ2n) is 8.53. The first kappa shape index (κ1) is 22.9. The molecule has 0 atom stereocenters. The fourth-order valence-electron chi connectivity index (χ4n) is 3.66. The third kappa shape index (κ3) is 4.60. The smallest absolute Gasteiger partial charge is 0.257 e. The van der Waals surface area contributed by atoms with Gasteiger partial charge < -0.3 is 4.90 Å². The van der Waals surface area contributed by atoms with Gasteiger partial charge in [0.15, 0.2) is 0 Å². The SMILES string of the molecule is CC(C)(CCc1cccc(N(CC(F)F)c2nc3nncn3c3cccc(F)c23)c1)C(F)F. The Morgan fingerprint density at radius 3 is 2.55 bits per heavy atom.